The van der Waals surface area contributed by atoms with Crippen molar-refractivity contribution >= 4 is 18.5 Å². The fourth-order valence-corrected chi connectivity index (χ4v) is 3.15. The van der Waals surface area contributed by atoms with Gasteiger partial charge in [0.05, 0.1) is 11.2 Å². The van der Waals surface area contributed by atoms with Crippen molar-refractivity contribution in [1.82, 2.24) is 4.90 Å². The Hall–Kier alpha value is -1.00. The molecule has 0 N–H and O–H groups in total. The largest absolute Gasteiger partial charge is 0.366 e. The van der Waals surface area contributed by atoms with Crippen LogP contribution in [0.25, 0.3) is 0 Å². The van der Waals surface area contributed by atoms with Gasteiger partial charge in [-0.05, 0) is 52.3 Å². The molecule has 1 aromatic rings. The smallest absolute Gasteiger partial charge is 0.254 e. The minimum Gasteiger partial charge on any atom is -0.366 e. The number of amides is 1. The summed E-state index contributed by atoms with van der Waals surface area (Å²) < 4.78 is 6.02. The molecule has 1 aliphatic heterocycles. The summed E-state index contributed by atoms with van der Waals surface area (Å²) in [5.74, 6) is 0.0582. The number of nitrogens with zero attached hydrogens (tertiary/aromatic N) is 1. The number of hydrogen-bond acceptors (Lipinski definition) is 3. The van der Waals surface area contributed by atoms with Gasteiger partial charge >= 0.3 is 0 Å². The third-order valence-corrected chi connectivity index (χ3v) is 3.71. The number of carbonyl (C=O) groups is 1. The Kier molecular flexibility index (Phi) is 3.91. The Morgan fingerprint density at radius 3 is 2.30 bits per heavy atom. The molecule has 0 radical (unpaired) electrons. The van der Waals surface area contributed by atoms with E-state index in [1.165, 1.54) is 0 Å². The maximum atomic E-state index is 12.8. The van der Waals surface area contributed by atoms with Gasteiger partial charge in [-0.15, -0.1) is 12.6 Å². The lowest BCUT2D eigenvalue weighted by Crippen LogP contribution is -2.58. The minimum atomic E-state index is -0.329. The summed E-state index contributed by atoms with van der Waals surface area (Å²) >= 11 is 4.33. The van der Waals surface area contributed by atoms with E-state index in [0.29, 0.717) is 13.1 Å². The van der Waals surface area contributed by atoms with E-state index >= 15 is 0 Å². The number of morpholine rings is 1. The van der Waals surface area contributed by atoms with Crippen molar-refractivity contribution < 1.29 is 9.53 Å². The highest BCUT2D eigenvalue weighted by Gasteiger charge is 2.40. The summed E-state index contributed by atoms with van der Waals surface area (Å²) in [6.45, 7) is 11.3. The van der Waals surface area contributed by atoms with Gasteiger partial charge in [-0.25, -0.2) is 0 Å². The first-order valence-electron chi connectivity index (χ1n) is 6.89. The molecule has 0 bridgehead atoms. The van der Waals surface area contributed by atoms with Crippen LogP contribution in [0.5, 0.6) is 0 Å². The van der Waals surface area contributed by atoms with Crippen LogP contribution in [-0.2, 0) is 4.74 Å². The van der Waals surface area contributed by atoms with Gasteiger partial charge in [-0.1, -0.05) is 6.07 Å². The summed E-state index contributed by atoms with van der Waals surface area (Å²) in [6.07, 6.45) is 0. The molecule has 0 spiro atoms. The lowest BCUT2D eigenvalue weighted by molar-refractivity contribution is -0.171. The van der Waals surface area contributed by atoms with Crippen LogP contribution in [0.15, 0.2) is 23.1 Å². The molecule has 1 heterocycles. The number of hydrogen-bond donors (Lipinski definition) is 1. The molecule has 20 heavy (non-hydrogen) atoms. The van der Waals surface area contributed by atoms with Gasteiger partial charge in [0.25, 0.3) is 5.91 Å². The van der Waals surface area contributed by atoms with Crippen LogP contribution in [0.4, 0.5) is 0 Å². The number of rotatable bonds is 1. The van der Waals surface area contributed by atoms with Gasteiger partial charge in [0.2, 0.25) is 0 Å². The second kappa shape index (κ2) is 5.08. The Bertz CT molecular complexity index is 521. The van der Waals surface area contributed by atoms with E-state index in [1.807, 2.05) is 57.7 Å². The van der Waals surface area contributed by atoms with E-state index in [4.69, 9.17) is 4.74 Å². The Balaban J connectivity index is 2.31. The third-order valence-electron chi connectivity index (χ3n) is 3.43. The number of aryl methyl sites for hydroxylation is 1. The molecular formula is C16H23NO2S. The Labute approximate surface area is 126 Å². The first kappa shape index (κ1) is 15.4. The summed E-state index contributed by atoms with van der Waals surface area (Å²) in [7, 11) is 0. The van der Waals surface area contributed by atoms with E-state index in [2.05, 4.69) is 12.6 Å². The first-order valence-corrected chi connectivity index (χ1v) is 7.33. The van der Waals surface area contributed by atoms with Crippen LogP contribution in [0.2, 0.25) is 0 Å². The van der Waals surface area contributed by atoms with Crippen LogP contribution < -0.4 is 0 Å². The zero-order valence-corrected chi connectivity index (χ0v) is 13.8. The van der Waals surface area contributed by atoms with Crippen LogP contribution in [0, 0.1) is 6.92 Å². The molecule has 4 heteroatoms. The summed E-state index contributed by atoms with van der Waals surface area (Å²) in [6, 6.07) is 5.69. The van der Waals surface area contributed by atoms with Crippen molar-refractivity contribution in [1.29, 1.82) is 0 Å². The molecule has 110 valence electrons. The number of thiol groups is 1. The maximum Gasteiger partial charge on any atom is 0.254 e. The van der Waals surface area contributed by atoms with Crippen molar-refractivity contribution in [2.24, 2.45) is 0 Å². The second-order valence-electron chi connectivity index (χ2n) is 6.78. The van der Waals surface area contributed by atoms with Crippen LogP contribution in [-0.4, -0.2) is 35.1 Å². The lowest BCUT2D eigenvalue weighted by atomic mass is 9.97. The van der Waals surface area contributed by atoms with E-state index < -0.39 is 0 Å². The van der Waals surface area contributed by atoms with Crippen molar-refractivity contribution in [3.05, 3.63) is 29.3 Å². The first-order chi connectivity index (χ1) is 9.10. The molecule has 0 aromatic heterocycles. The fourth-order valence-electron chi connectivity index (χ4n) is 2.94. The van der Waals surface area contributed by atoms with Gasteiger partial charge in [0.1, 0.15) is 0 Å². The van der Waals surface area contributed by atoms with Crippen LogP contribution in [0.1, 0.15) is 43.6 Å². The third kappa shape index (κ3) is 3.36. The molecule has 1 aliphatic rings. The van der Waals surface area contributed by atoms with Crippen molar-refractivity contribution in [3.63, 3.8) is 0 Å². The molecule has 0 unspecified atom stereocenters. The predicted octanol–water partition coefficient (Wildman–Crippen LogP) is 3.31. The molecule has 1 saturated heterocycles. The zero-order valence-electron chi connectivity index (χ0n) is 12.9. The summed E-state index contributed by atoms with van der Waals surface area (Å²) in [5.41, 5.74) is 1.05. The molecular weight excluding hydrogens is 270 g/mol. The molecule has 2 rings (SSSR count). The van der Waals surface area contributed by atoms with Crippen molar-refractivity contribution in [2.75, 3.05) is 13.1 Å². The quantitative estimate of drug-likeness (QED) is 0.805. The van der Waals surface area contributed by atoms with E-state index in [0.717, 1.165) is 16.0 Å². The standard InChI is InChI=1S/C16H23NO2S/c1-11-6-7-12(20)8-13(11)14(18)17-9-15(2,3)19-16(4,5)10-17/h6-8,20H,9-10H2,1-5H3. The van der Waals surface area contributed by atoms with E-state index in [-0.39, 0.29) is 17.1 Å². The summed E-state index contributed by atoms with van der Waals surface area (Å²) in [4.78, 5) is 15.5. The normalized spacial score (nSPS) is 20.8. The predicted molar refractivity (Wildman–Crippen MR) is 83.6 cm³/mol. The van der Waals surface area contributed by atoms with E-state index in [1.54, 1.807) is 0 Å². The molecule has 3 nitrogen and oxygen atoms in total. The molecule has 1 amide bonds. The van der Waals surface area contributed by atoms with Crippen molar-refractivity contribution in [3.8, 4) is 0 Å². The topological polar surface area (TPSA) is 29.5 Å². The van der Waals surface area contributed by atoms with Gasteiger partial charge in [0.15, 0.2) is 0 Å². The molecule has 0 saturated carbocycles. The zero-order chi connectivity index (χ0) is 15.1. The van der Waals surface area contributed by atoms with E-state index in [9.17, 15) is 4.79 Å². The minimum absolute atomic E-state index is 0.0582. The van der Waals surface area contributed by atoms with Gasteiger partial charge in [-0.3, -0.25) is 4.79 Å². The Morgan fingerprint density at radius 1 is 1.20 bits per heavy atom. The maximum absolute atomic E-state index is 12.8. The molecule has 1 aromatic carbocycles. The van der Waals surface area contributed by atoms with Gasteiger partial charge in [-0.2, -0.15) is 0 Å². The number of ether oxygens (including phenoxy) is 1. The van der Waals surface area contributed by atoms with Crippen LogP contribution in [0.3, 0.4) is 0 Å². The monoisotopic (exact) mass is 293 g/mol. The molecule has 1 fully saturated rings. The average Bonchev–Trinajstić information content (AvgIpc) is 2.27. The lowest BCUT2D eigenvalue weighted by Gasteiger charge is -2.47. The summed E-state index contributed by atoms with van der Waals surface area (Å²) in [5, 5.41) is 0. The Morgan fingerprint density at radius 2 is 1.75 bits per heavy atom. The number of carbonyl (C=O) groups excluding carboxylic acids is 1. The van der Waals surface area contributed by atoms with Gasteiger partial charge in [0, 0.05) is 23.5 Å². The van der Waals surface area contributed by atoms with Crippen LogP contribution >= 0.6 is 12.6 Å². The second-order valence-corrected chi connectivity index (χ2v) is 7.30. The molecule has 0 aliphatic carbocycles. The number of benzene rings is 1. The SMILES string of the molecule is Cc1ccc(S)cc1C(=O)N1CC(C)(C)OC(C)(C)C1. The highest BCUT2D eigenvalue weighted by molar-refractivity contribution is 7.80. The highest BCUT2D eigenvalue weighted by atomic mass is 32.1. The molecule has 0 atom stereocenters. The highest BCUT2D eigenvalue weighted by Crippen LogP contribution is 2.29. The van der Waals surface area contributed by atoms with Gasteiger partial charge < -0.3 is 9.64 Å². The average molecular weight is 293 g/mol. The fraction of sp³-hybridized carbons (Fsp3) is 0.562. The van der Waals surface area contributed by atoms with Crippen molar-refractivity contribution in [2.45, 2.75) is 50.7 Å².